The number of nitrogens with one attached hydrogen (secondary N) is 2. The molecule has 0 amide bonds. The topological polar surface area (TPSA) is 79.9 Å². The molecule has 92 valence electrons. The monoisotopic (exact) mass is 262 g/mol. The molecule has 2 N–H and O–H groups in total. The maximum absolute atomic E-state index is 11.6. The first-order chi connectivity index (χ1) is 8.78. The predicted molar refractivity (Wildman–Crippen MR) is 66.4 cm³/mol. The molecule has 0 fully saturated rings. The van der Waals surface area contributed by atoms with Gasteiger partial charge in [0.05, 0.1) is 5.56 Å². The Hall–Kier alpha value is -2.02. The van der Waals surface area contributed by atoms with Gasteiger partial charge in [0.1, 0.15) is 0 Å². The van der Waals surface area contributed by atoms with E-state index in [1.165, 1.54) is 11.8 Å². The van der Waals surface area contributed by atoms with Crippen molar-refractivity contribution in [1.29, 1.82) is 0 Å². The molecule has 0 bridgehead atoms. The molecule has 0 saturated carbocycles. The Labute approximate surface area is 107 Å². The SMILES string of the molecule is CSc1n[nH]c(N[C@H]2OC(=O)c3ccccc32)n1. The van der Waals surface area contributed by atoms with E-state index in [-0.39, 0.29) is 5.97 Å². The lowest BCUT2D eigenvalue weighted by molar-refractivity contribution is 0.0436. The van der Waals surface area contributed by atoms with Gasteiger partial charge in [-0.25, -0.2) is 9.89 Å². The highest BCUT2D eigenvalue weighted by atomic mass is 32.2. The smallest absolute Gasteiger partial charge is 0.340 e. The lowest BCUT2D eigenvalue weighted by Crippen LogP contribution is -2.11. The Morgan fingerprint density at radius 3 is 3.06 bits per heavy atom. The van der Waals surface area contributed by atoms with Crippen LogP contribution in [0.1, 0.15) is 22.1 Å². The maximum atomic E-state index is 11.6. The van der Waals surface area contributed by atoms with E-state index in [2.05, 4.69) is 20.5 Å². The summed E-state index contributed by atoms with van der Waals surface area (Å²) < 4.78 is 5.23. The highest BCUT2D eigenvalue weighted by Crippen LogP contribution is 2.30. The number of hydrogen-bond acceptors (Lipinski definition) is 6. The molecule has 1 atom stereocenters. The van der Waals surface area contributed by atoms with Gasteiger partial charge in [-0.3, -0.25) is 0 Å². The number of H-pyrrole nitrogens is 1. The number of hydrogen-bond donors (Lipinski definition) is 2. The Balaban J connectivity index is 1.85. The summed E-state index contributed by atoms with van der Waals surface area (Å²) >= 11 is 1.43. The fraction of sp³-hybridized carbons (Fsp3) is 0.182. The Morgan fingerprint density at radius 1 is 1.44 bits per heavy atom. The summed E-state index contributed by atoms with van der Waals surface area (Å²) in [5, 5.41) is 10.4. The Bertz CT molecular complexity index is 598. The second-order valence-corrected chi connectivity index (χ2v) is 4.46. The Morgan fingerprint density at radius 2 is 2.28 bits per heavy atom. The van der Waals surface area contributed by atoms with E-state index in [4.69, 9.17) is 4.74 Å². The average molecular weight is 262 g/mol. The largest absolute Gasteiger partial charge is 0.434 e. The van der Waals surface area contributed by atoms with Gasteiger partial charge < -0.3 is 10.1 Å². The number of fused-ring (bicyclic) bond motifs is 1. The zero-order valence-electron chi connectivity index (χ0n) is 9.51. The van der Waals surface area contributed by atoms with Crippen molar-refractivity contribution in [2.24, 2.45) is 0 Å². The van der Waals surface area contributed by atoms with Crippen LogP contribution >= 0.6 is 11.8 Å². The standard InChI is InChI=1S/C11H10N4O2S/c1-18-11-13-10(14-15-11)12-8-6-4-2-3-5-7(6)9(16)17-8/h2-5,8H,1H3,(H2,12,13,14,15)/t8-/m0/s1. The number of nitrogens with zero attached hydrogens (tertiary/aromatic N) is 2. The quantitative estimate of drug-likeness (QED) is 0.648. The van der Waals surface area contributed by atoms with Crippen LogP contribution in [0.25, 0.3) is 0 Å². The normalized spacial score (nSPS) is 17.4. The van der Waals surface area contributed by atoms with Crippen molar-refractivity contribution in [2.75, 3.05) is 11.6 Å². The third-order valence-corrected chi connectivity index (χ3v) is 3.15. The first-order valence-corrected chi connectivity index (χ1v) is 6.53. The number of carbonyl (C=O) groups excluding carboxylic acids is 1. The van der Waals surface area contributed by atoms with Crippen LogP contribution in [-0.4, -0.2) is 27.4 Å². The van der Waals surface area contributed by atoms with Crippen molar-refractivity contribution in [2.45, 2.75) is 11.4 Å². The van der Waals surface area contributed by atoms with Gasteiger partial charge in [-0.05, 0) is 12.3 Å². The number of benzene rings is 1. The number of aromatic amines is 1. The third kappa shape index (κ3) is 1.82. The van der Waals surface area contributed by atoms with Gasteiger partial charge in [-0.1, -0.05) is 30.0 Å². The number of ether oxygens (including phenoxy) is 1. The molecule has 3 rings (SSSR count). The lowest BCUT2D eigenvalue weighted by Gasteiger charge is -2.10. The van der Waals surface area contributed by atoms with Crippen molar-refractivity contribution < 1.29 is 9.53 Å². The molecule has 1 aromatic carbocycles. The van der Waals surface area contributed by atoms with Crippen LogP contribution in [0.2, 0.25) is 0 Å². The van der Waals surface area contributed by atoms with Crippen molar-refractivity contribution in [3.63, 3.8) is 0 Å². The molecule has 0 saturated heterocycles. The second-order valence-electron chi connectivity index (χ2n) is 3.69. The molecular weight excluding hydrogens is 252 g/mol. The van der Waals surface area contributed by atoms with Crippen LogP contribution < -0.4 is 5.32 Å². The molecule has 7 heteroatoms. The van der Waals surface area contributed by atoms with E-state index in [0.717, 1.165) is 5.56 Å². The minimum atomic E-state index is -0.517. The first kappa shape index (κ1) is 11.1. The van der Waals surface area contributed by atoms with Crippen LogP contribution in [0.3, 0.4) is 0 Å². The molecule has 1 aliphatic rings. The van der Waals surface area contributed by atoms with E-state index in [9.17, 15) is 4.79 Å². The minimum Gasteiger partial charge on any atom is -0.434 e. The molecule has 0 aliphatic carbocycles. The molecule has 1 aromatic heterocycles. The second kappa shape index (κ2) is 4.34. The van der Waals surface area contributed by atoms with Crippen molar-refractivity contribution in [1.82, 2.24) is 15.2 Å². The van der Waals surface area contributed by atoms with Gasteiger partial charge in [-0.15, -0.1) is 5.10 Å². The van der Waals surface area contributed by atoms with E-state index < -0.39 is 6.23 Å². The number of carbonyl (C=O) groups is 1. The zero-order valence-corrected chi connectivity index (χ0v) is 10.3. The van der Waals surface area contributed by atoms with E-state index in [1.807, 2.05) is 24.5 Å². The van der Waals surface area contributed by atoms with Gasteiger partial charge in [0.15, 0.2) is 0 Å². The van der Waals surface area contributed by atoms with Gasteiger partial charge in [0.25, 0.3) is 0 Å². The number of cyclic esters (lactones) is 1. The highest BCUT2D eigenvalue weighted by molar-refractivity contribution is 7.98. The van der Waals surface area contributed by atoms with Crippen molar-refractivity contribution in [3.05, 3.63) is 35.4 Å². The molecule has 2 aromatic rings. The van der Waals surface area contributed by atoms with Crippen molar-refractivity contribution >= 4 is 23.7 Å². The number of anilines is 1. The van der Waals surface area contributed by atoms with Gasteiger partial charge in [0.2, 0.25) is 17.3 Å². The zero-order chi connectivity index (χ0) is 12.5. The number of rotatable bonds is 3. The molecular formula is C11H10N4O2S. The summed E-state index contributed by atoms with van der Waals surface area (Å²) in [5.41, 5.74) is 1.39. The summed E-state index contributed by atoms with van der Waals surface area (Å²) in [4.78, 5) is 15.8. The average Bonchev–Trinajstić information content (AvgIpc) is 2.97. The summed E-state index contributed by atoms with van der Waals surface area (Å²) in [5.74, 6) is 0.154. The van der Waals surface area contributed by atoms with Gasteiger partial charge >= 0.3 is 5.97 Å². The van der Waals surface area contributed by atoms with Crippen molar-refractivity contribution in [3.8, 4) is 0 Å². The minimum absolute atomic E-state index is 0.326. The van der Waals surface area contributed by atoms with Crippen LogP contribution in [0, 0.1) is 0 Å². The summed E-state index contributed by atoms with van der Waals surface area (Å²) in [6.45, 7) is 0. The molecule has 0 radical (unpaired) electrons. The van der Waals surface area contributed by atoms with Crippen LogP contribution in [0.4, 0.5) is 5.95 Å². The number of thioether (sulfide) groups is 1. The van der Waals surface area contributed by atoms with E-state index in [1.54, 1.807) is 6.07 Å². The number of esters is 1. The maximum Gasteiger partial charge on any atom is 0.340 e. The highest BCUT2D eigenvalue weighted by Gasteiger charge is 2.30. The van der Waals surface area contributed by atoms with Crippen LogP contribution in [0.15, 0.2) is 29.4 Å². The fourth-order valence-corrected chi connectivity index (χ4v) is 2.10. The molecule has 0 spiro atoms. The number of aromatic nitrogens is 3. The van der Waals surface area contributed by atoms with Crippen LogP contribution in [0.5, 0.6) is 0 Å². The summed E-state index contributed by atoms with van der Waals surface area (Å²) in [6.07, 6.45) is 1.37. The Kier molecular flexibility index (Phi) is 2.67. The third-order valence-electron chi connectivity index (χ3n) is 2.60. The molecule has 18 heavy (non-hydrogen) atoms. The molecule has 0 unspecified atom stereocenters. The van der Waals surface area contributed by atoms with E-state index >= 15 is 0 Å². The van der Waals surface area contributed by atoms with Crippen LogP contribution in [-0.2, 0) is 4.74 Å². The van der Waals surface area contributed by atoms with Gasteiger partial charge in [0, 0.05) is 5.56 Å². The fourth-order valence-electron chi connectivity index (χ4n) is 1.78. The first-order valence-electron chi connectivity index (χ1n) is 5.31. The van der Waals surface area contributed by atoms with E-state index in [0.29, 0.717) is 16.7 Å². The summed E-state index contributed by atoms with van der Waals surface area (Å²) in [6, 6.07) is 7.27. The summed E-state index contributed by atoms with van der Waals surface area (Å²) in [7, 11) is 0. The van der Waals surface area contributed by atoms with Gasteiger partial charge in [-0.2, -0.15) is 4.98 Å². The molecule has 1 aliphatic heterocycles. The lowest BCUT2D eigenvalue weighted by atomic mass is 10.1. The molecule has 2 heterocycles. The predicted octanol–water partition coefficient (Wildman–Crippen LogP) is 1.81. The molecule has 6 nitrogen and oxygen atoms in total.